The number of pyridine rings is 1. The highest BCUT2D eigenvalue weighted by Crippen LogP contribution is 2.32. The zero-order chi connectivity index (χ0) is 31.9. The Hall–Kier alpha value is -4.88. The molecule has 238 valence electrons. The zero-order valence-electron chi connectivity index (χ0n) is 25.1. The number of carbonyl (C=O) groups excluding carboxylic acids is 1. The van der Waals surface area contributed by atoms with Gasteiger partial charge >= 0.3 is 0 Å². The fraction of sp³-hybridized carbons (Fsp3) is 0.303. The van der Waals surface area contributed by atoms with Gasteiger partial charge in [-0.25, -0.2) is 22.8 Å². The van der Waals surface area contributed by atoms with E-state index in [0.29, 0.717) is 33.9 Å². The lowest BCUT2D eigenvalue weighted by Crippen LogP contribution is -2.49. The van der Waals surface area contributed by atoms with Crippen molar-refractivity contribution in [2.75, 3.05) is 50.0 Å². The minimum absolute atomic E-state index is 0.0292. The molecule has 0 atom stereocenters. The van der Waals surface area contributed by atoms with Crippen LogP contribution in [0.1, 0.15) is 34.5 Å². The maximum absolute atomic E-state index is 15.3. The summed E-state index contributed by atoms with van der Waals surface area (Å²) >= 11 is 0. The topological polar surface area (TPSA) is 115 Å². The van der Waals surface area contributed by atoms with Crippen LogP contribution in [0, 0.1) is 24.4 Å². The number of piperidine rings is 1. The van der Waals surface area contributed by atoms with E-state index in [1.54, 1.807) is 19.1 Å². The summed E-state index contributed by atoms with van der Waals surface area (Å²) in [6.07, 6.45) is 4.64. The van der Waals surface area contributed by atoms with Crippen molar-refractivity contribution < 1.29 is 27.4 Å². The van der Waals surface area contributed by atoms with E-state index in [1.807, 2.05) is 0 Å². The molecule has 0 aliphatic carbocycles. The molecular weight excluding hydrogens is 599 g/mol. The molecule has 0 spiro atoms. The van der Waals surface area contributed by atoms with Crippen LogP contribution in [-0.2, 0) is 4.74 Å². The number of halogens is 3. The normalized spacial score (nSPS) is 16.3. The third-order valence-corrected chi connectivity index (χ3v) is 8.76. The van der Waals surface area contributed by atoms with Crippen LogP contribution in [0.2, 0.25) is 0 Å². The second kappa shape index (κ2) is 12.1. The number of anilines is 2. The lowest BCUT2D eigenvalue weighted by Gasteiger charge is -2.40. The maximum Gasteiger partial charge on any atom is 0.219 e. The monoisotopic (exact) mass is 631 g/mol. The molecule has 5 aromatic rings. The Morgan fingerprint density at radius 1 is 0.978 bits per heavy atom. The summed E-state index contributed by atoms with van der Waals surface area (Å²) in [5.41, 5.74) is 8.94. The molecule has 10 nitrogen and oxygen atoms in total. The molecule has 2 saturated heterocycles. The molecule has 0 amide bonds. The van der Waals surface area contributed by atoms with Crippen molar-refractivity contribution in [3.8, 4) is 17.3 Å². The molecule has 0 bridgehead atoms. The number of nitrogen functional groups attached to an aromatic ring is 1. The van der Waals surface area contributed by atoms with Crippen molar-refractivity contribution >= 4 is 28.2 Å². The number of aryl methyl sites for hydroxylation is 1. The number of ether oxygens (including phenoxy) is 2. The maximum atomic E-state index is 15.3. The van der Waals surface area contributed by atoms with E-state index in [0.717, 1.165) is 64.4 Å². The van der Waals surface area contributed by atoms with E-state index in [2.05, 4.69) is 24.9 Å². The van der Waals surface area contributed by atoms with Gasteiger partial charge in [0.15, 0.2) is 11.6 Å². The largest absolute Gasteiger partial charge is 0.433 e. The summed E-state index contributed by atoms with van der Waals surface area (Å²) in [7, 11) is 0. The summed E-state index contributed by atoms with van der Waals surface area (Å²) in [5, 5.41) is 4.87. The number of benzene rings is 2. The number of aromatic nitrogens is 4. The van der Waals surface area contributed by atoms with Crippen LogP contribution in [0.4, 0.5) is 24.7 Å². The predicted molar refractivity (Wildman–Crippen MR) is 166 cm³/mol. The molecule has 3 aromatic heterocycles. The molecule has 2 aliphatic rings. The molecule has 0 unspecified atom stereocenters. The van der Waals surface area contributed by atoms with E-state index in [-0.39, 0.29) is 28.8 Å². The summed E-state index contributed by atoms with van der Waals surface area (Å²) in [5.74, 6) is -2.99. The summed E-state index contributed by atoms with van der Waals surface area (Å²) < 4.78 is 55.6. The van der Waals surface area contributed by atoms with Crippen LogP contribution in [0.3, 0.4) is 0 Å². The van der Waals surface area contributed by atoms with Crippen LogP contribution in [0.15, 0.2) is 54.9 Å². The molecule has 7 rings (SSSR count). The first kappa shape index (κ1) is 29.8. The number of aromatic amines is 1. The average Bonchev–Trinajstić information content (AvgIpc) is 3.65. The first-order chi connectivity index (χ1) is 22.3. The summed E-state index contributed by atoms with van der Waals surface area (Å²) in [6, 6.07) is 10.2. The van der Waals surface area contributed by atoms with Crippen LogP contribution in [-0.4, -0.2) is 75.9 Å². The van der Waals surface area contributed by atoms with Crippen LogP contribution >= 0.6 is 0 Å². The lowest BCUT2D eigenvalue weighted by atomic mass is 10.0. The number of hydrogen-bond acceptors (Lipinski definition) is 8. The van der Waals surface area contributed by atoms with Gasteiger partial charge in [-0.3, -0.25) is 9.69 Å². The van der Waals surface area contributed by atoms with Gasteiger partial charge in [-0.1, -0.05) is 6.07 Å². The Labute approximate surface area is 262 Å². The molecule has 2 aromatic carbocycles. The fourth-order valence-corrected chi connectivity index (χ4v) is 6.28. The molecule has 3 N–H and O–H groups in total. The van der Waals surface area contributed by atoms with Gasteiger partial charge < -0.3 is 25.1 Å². The highest BCUT2D eigenvalue weighted by molar-refractivity contribution is 6.12. The van der Waals surface area contributed by atoms with Gasteiger partial charge in [0.05, 0.1) is 48.2 Å². The van der Waals surface area contributed by atoms with Gasteiger partial charge in [0.2, 0.25) is 17.4 Å². The van der Waals surface area contributed by atoms with Crippen molar-refractivity contribution in [1.82, 2.24) is 24.6 Å². The second-order valence-electron chi connectivity index (χ2n) is 11.6. The zero-order valence-corrected chi connectivity index (χ0v) is 25.1. The number of carbonyl (C=O) groups is 1. The van der Waals surface area contributed by atoms with E-state index in [4.69, 9.17) is 15.2 Å². The highest BCUT2D eigenvalue weighted by Gasteiger charge is 2.28. The smallest absolute Gasteiger partial charge is 0.219 e. The third kappa shape index (κ3) is 5.56. The van der Waals surface area contributed by atoms with E-state index in [9.17, 15) is 13.6 Å². The minimum atomic E-state index is -0.858. The van der Waals surface area contributed by atoms with Gasteiger partial charge in [-0.2, -0.15) is 5.10 Å². The molecular formula is C33H32F3N7O3. The Morgan fingerprint density at radius 2 is 1.72 bits per heavy atom. The Morgan fingerprint density at radius 3 is 2.43 bits per heavy atom. The Kier molecular flexibility index (Phi) is 7.87. The van der Waals surface area contributed by atoms with Gasteiger partial charge in [0, 0.05) is 49.2 Å². The quantitative estimate of drug-likeness (QED) is 0.230. The van der Waals surface area contributed by atoms with Crippen molar-refractivity contribution in [1.29, 1.82) is 0 Å². The summed E-state index contributed by atoms with van der Waals surface area (Å²) in [6.45, 7) is 6.59. The SMILES string of the molecule is Cc1cc(Oc2c(F)cccc2F)ncc1-n1ncc(C(=O)c2cc3cc(F)c(N4CCC(N5CCOCC5)CC4)cc3[nH]2)c1N. The predicted octanol–water partition coefficient (Wildman–Crippen LogP) is 5.38. The van der Waals surface area contributed by atoms with Crippen LogP contribution in [0.25, 0.3) is 16.6 Å². The molecule has 2 fully saturated rings. The molecule has 5 heterocycles. The Balaban J connectivity index is 1.08. The molecule has 0 radical (unpaired) electrons. The minimum Gasteiger partial charge on any atom is -0.433 e. The van der Waals surface area contributed by atoms with E-state index >= 15 is 4.39 Å². The van der Waals surface area contributed by atoms with Gasteiger partial charge in [-0.05, 0) is 55.7 Å². The second-order valence-corrected chi connectivity index (χ2v) is 11.6. The van der Waals surface area contributed by atoms with E-state index in [1.165, 1.54) is 35.3 Å². The number of nitrogens with zero attached hydrogens (tertiary/aromatic N) is 5. The third-order valence-electron chi connectivity index (χ3n) is 8.76. The fourth-order valence-electron chi connectivity index (χ4n) is 6.28. The number of rotatable bonds is 7. The van der Waals surface area contributed by atoms with Crippen LogP contribution < -0.4 is 15.4 Å². The standard InChI is InChI=1S/C33H32F3N7O3/c1-19-13-30(46-32-23(34)3-2-4-24(32)35)38-18-29(19)43-33(37)22(17-39-43)31(44)27-15-20-14-25(36)28(16-26(20)40-27)42-7-5-21(6-8-42)41-9-11-45-12-10-41/h2-4,13-18,21,40H,5-12,37H2,1H3. The van der Waals surface area contributed by atoms with E-state index < -0.39 is 23.2 Å². The van der Waals surface area contributed by atoms with Gasteiger partial charge in [-0.15, -0.1) is 0 Å². The number of nitrogens with two attached hydrogens (primary N) is 1. The molecule has 13 heteroatoms. The van der Waals surface area contributed by atoms with Gasteiger partial charge in [0.25, 0.3) is 0 Å². The van der Waals surface area contributed by atoms with Gasteiger partial charge in [0.1, 0.15) is 11.6 Å². The summed E-state index contributed by atoms with van der Waals surface area (Å²) in [4.78, 5) is 25.4. The number of H-pyrrole nitrogens is 1. The first-order valence-electron chi connectivity index (χ1n) is 15.1. The molecule has 46 heavy (non-hydrogen) atoms. The average molecular weight is 632 g/mol. The molecule has 2 aliphatic heterocycles. The number of ketones is 1. The first-order valence-corrected chi connectivity index (χ1v) is 15.1. The number of fused-ring (bicyclic) bond motifs is 1. The highest BCUT2D eigenvalue weighted by atomic mass is 19.1. The Bertz CT molecular complexity index is 1910. The molecule has 0 saturated carbocycles. The van der Waals surface area contributed by atoms with Crippen molar-refractivity contribution in [3.05, 3.63) is 89.1 Å². The van der Waals surface area contributed by atoms with Crippen molar-refractivity contribution in [3.63, 3.8) is 0 Å². The van der Waals surface area contributed by atoms with Crippen molar-refractivity contribution in [2.24, 2.45) is 0 Å². The number of hydrogen-bond donors (Lipinski definition) is 2. The lowest BCUT2D eigenvalue weighted by molar-refractivity contribution is 0.0115. The van der Waals surface area contributed by atoms with Crippen LogP contribution in [0.5, 0.6) is 11.6 Å². The van der Waals surface area contributed by atoms with Crippen molar-refractivity contribution in [2.45, 2.75) is 25.8 Å². The number of nitrogens with one attached hydrogen (secondary N) is 1. The number of morpholine rings is 1. The number of para-hydroxylation sites is 1.